The smallest absolute Gasteiger partial charge is 0.258 e. The molecule has 1 rings (SSSR count). The molecule has 100 valence electrons. The summed E-state index contributed by atoms with van der Waals surface area (Å²) in [6, 6.07) is 3.51. The quantitative estimate of drug-likeness (QED) is 0.916. The second-order valence-corrected chi connectivity index (χ2v) is 4.57. The van der Waals surface area contributed by atoms with Crippen LogP contribution >= 0.6 is 11.6 Å². The number of nitrogens with zero attached hydrogens (tertiary/aromatic N) is 1. The van der Waals surface area contributed by atoms with E-state index in [1.54, 1.807) is 20.2 Å². The van der Waals surface area contributed by atoms with Gasteiger partial charge in [-0.3, -0.25) is 4.79 Å². The van der Waals surface area contributed by atoms with E-state index < -0.39 is 12.5 Å². The van der Waals surface area contributed by atoms with E-state index in [0.717, 1.165) is 0 Å². The maximum Gasteiger partial charge on any atom is 0.258 e. The second-order valence-electron chi connectivity index (χ2n) is 4.16. The van der Waals surface area contributed by atoms with E-state index in [1.165, 1.54) is 24.0 Å². The highest BCUT2D eigenvalue weighted by Crippen LogP contribution is 2.25. The van der Waals surface area contributed by atoms with Gasteiger partial charge in [-0.2, -0.15) is 0 Å². The third kappa shape index (κ3) is 3.57. The summed E-state index contributed by atoms with van der Waals surface area (Å²) >= 11 is 5.90. The molecule has 1 amide bonds. The molecule has 1 unspecified atom stereocenters. The van der Waals surface area contributed by atoms with E-state index >= 15 is 0 Å². The summed E-state index contributed by atoms with van der Waals surface area (Å²) in [5, 5.41) is 2.89. The Kier molecular flexibility index (Phi) is 4.90. The number of hydrogen-bond donors (Lipinski definition) is 1. The van der Waals surface area contributed by atoms with Gasteiger partial charge in [-0.15, -0.1) is 0 Å². The highest BCUT2D eigenvalue weighted by molar-refractivity contribution is 6.33. The number of carbonyl (C=O) groups excluding carboxylic acids is 1. The van der Waals surface area contributed by atoms with Crippen LogP contribution in [0.15, 0.2) is 18.2 Å². The van der Waals surface area contributed by atoms with Gasteiger partial charge in [-0.1, -0.05) is 11.6 Å². The molecule has 3 nitrogen and oxygen atoms in total. The van der Waals surface area contributed by atoms with Gasteiger partial charge in [-0.25, -0.2) is 8.78 Å². The number of benzene rings is 1. The summed E-state index contributed by atoms with van der Waals surface area (Å²) in [4.78, 5) is 13.1. The van der Waals surface area contributed by atoms with E-state index in [-0.39, 0.29) is 5.91 Å². The van der Waals surface area contributed by atoms with Crippen LogP contribution in [-0.2, 0) is 0 Å². The van der Waals surface area contributed by atoms with Gasteiger partial charge in [-0.05, 0) is 25.1 Å². The van der Waals surface area contributed by atoms with Gasteiger partial charge in [0.15, 0.2) is 0 Å². The van der Waals surface area contributed by atoms with Crippen LogP contribution in [0.5, 0.6) is 0 Å². The molecule has 6 heteroatoms. The van der Waals surface area contributed by atoms with Crippen LogP contribution < -0.4 is 5.32 Å². The first-order valence-electron chi connectivity index (χ1n) is 5.38. The van der Waals surface area contributed by atoms with Crippen molar-refractivity contribution in [3.63, 3.8) is 0 Å². The monoisotopic (exact) mass is 276 g/mol. The topological polar surface area (TPSA) is 32.3 Å². The normalized spacial score (nSPS) is 12.4. The third-order valence-electron chi connectivity index (χ3n) is 2.38. The minimum atomic E-state index is -2.51. The molecule has 0 saturated heterocycles. The van der Waals surface area contributed by atoms with Gasteiger partial charge in [0, 0.05) is 19.7 Å². The molecular weight excluding hydrogens is 262 g/mol. The van der Waals surface area contributed by atoms with Crippen LogP contribution in [0.4, 0.5) is 14.5 Å². The molecule has 0 aliphatic heterocycles. The molecule has 0 fully saturated rings. The van der Waals surface area contributed by atoms with Gasteiger partial charge in [0.05, 0.1) is 16.8 Å². The van der Waals surface area contributed by atoms with Crippen molar-refractivity contribution in [1.82, 2.24) is 4.90 Å². The molecule has 0 saturated carbocycles. The number of alkyl halides is 2. The Morgan fingerprint density at radius 3 is 2.50 bits per heavy atom. The van der Waals surface area contributed by atoms with Gasteiger partial charge in [0.25, 0.3) is 12.3 Å². The van der Waals surface area contributed by atoms with Crippen molar-refractivity contribution in [2.24, 2.45) is 0 Å². The molecule has 1 N–H and O–H groups in total. The first-order chi connectivity index (χ1) is 8.32. The van der Waals surface area contributed by atoms with Crippen molar-refractivity contribution >= 4 is 23.2 Å². The fourth-order valence-electron chi connectivity index (χ4n) is 1.34. The Morgan fingerprint density at radius 2 is 2.00 bits per heavy atom. The Hall–Kier alpha value is -1.36. The molecule has 0 aliphatic rings. The highest BCUT2D eigenvalue weighted by Gasteiger charge is 2.17. The van der Waals surface area contributed by atoms with E-state index in [1.807, 2.05) is 0 Å². The van der Waals surface area contributed by atoms with Crippen LogP contribution in [0.3, 0.4) is 0 Å². The number of halogens is 3. The van der Waals surface area contributed by atoms with Crippen LogP contribution in [0, 0.1) is 0 Å². The molecule has 18 heavy (non-hydrogen) atoms. The van der Waals surface area contributed by atoms with Crippen molar-refractivity contribution in [3.05, 3.63) is 28.8 Å². The average Bonchev–Trinajstić information content (AvgIpc) is 2.30. The van der Waals surface area contributed by atoms with Crippen LogP contribution in [0.25, 0.3) is 0 Å². The zero-order valence-corrected chi connectivity index (χ0v) is 11.1. The molecule has 1 atom stereocenters. The summed E-state index contributed by atoms with van der Waals surface area (Å²) in [7, 11) is 3.23. The second kappa shape index (κ2) is 6.00. The van der Waals surface area contributed by atoms with Crippen LogP contribution in [-0.4, -0.2) is 37.4 Å². The lowest BCUT2D eigenvalue weighted by Gasteiger charge is -2.17. The lowest BCUT2D eigenvalue weighted by atomic mass is 10.1. The Morgan fingerprint density at radius 1 is 1.39 bits per heavy atom. The van der Waals surface area contributed by atoms with Crippen LogP contribution in [0.1, 0.15) is 17.3 Å². The zero-order chi connectivity index (χ0) is 13.9. The number of amides is 1. The van der Waals surface area contributed by atoms with Crippen molar-refractivity contribution in [1.29, 1.82) is 0 Å². The molecule has 0 aliphatic carbocycles. The standard InChI is InChI=1S/C12H15ClF2N2O/c1-7(11(14)15)16-10-6-8(4-5-9(10)13)12(18)17(2)3/h4-7,11,16H,1-3H3. The third-order valence-corrected chi connectivity index (χ3v) is 2.71. The van der Waals surface area contributed by atoms with E-state index in [4.69, 9.17) is 11.6 Å². The lowest BCUT2D eigenvalue weighted by molar-refractivity contribution is 0.0827. The molecule has 0 aromatic heterocycles. The highest BCUT2D eigenvalue weighted by atomic mass is 35.5. The predicted molar refractivity (Wildman–Crippen MR) is 68.6 cm³/mol. The maximum atomic E-state index is 12.5. The number of hydrogen-bond acceptors (Lipinski definition) is 2. The molecular formula is C12H15ClF2N2O. The molecule has 0 radical (unpaired) electrons. The van der Waals surface area contributed by atoms with Crippen molar-refractivity contribution in [3.8, 4) is 0 Å². The van der Waals surface area contributed by atoms with E-state index in [0.29, 0.717) is 16.3 Å². The predicted octanol–water partition coefficient (Wildman–Crippen LogP) is 3.11. The first kappa shape index (κ1) is 14.7. The summed E-state index contributed by atoms with van der Waals surface area (Å²) < 4.78 is 24.9. The van der Waals surface area contributed by atoms with Gasteiger partial charge >= 0.3 is 0 Å². The first-order valence-corrected chi connectivity index (χ1v) is 5.76. The summed E-state index contributed by atoms with van der Waals surface area (Å²) in [5.41, 5.74) is 0.727. The summed E-state index contributed by atoms with van der Waals surface area (Å²) in [6.45, 7) is 1.35. The number of anilines is 1. The molecule has 0 bridgehead atoms. The minimum absolute atomic E-state index is 0.209. The molecule has 0 heterocycles. The average molecular weight is 277 g/mol. The van der Waals surface area contributed by atoms with Crippen LogP contribution in [0.2, 0.25) is 5.02 Å². The Labute approximate surface area is 110 Å². The van der Waals surface area contributed by atoms with Crippen molar-refractivity contribution in [2.45, 2.75) is 19.4 Å². The molecule has 1 aromatic rings. The largest absolute Gasteiger partial charge is 0.376 e. The Bertz CT molecular complexity index is 438. The zero-order valence-electron chi connectivity index (χ0n) is 10.4. The summed E-state index contributed by atoms with van der Waals surface area (Å²) in [5.74, 6) is -0.209. The van der Waals surface area contributed by atoms with E-state index in [2.05, 4.69) is 5.32 Å². The Balaban J connectivity index is 2.98. The van der Waals surface area contributed by atoms with Crippen molar-refractivity contribution in [2.75, 3.05) is 19.4 Å². The van der Waals surface area contributed by atoms with Gasteiger partial charge < -0.3 is 10.2 Å². The lowest BCUT2D eigenvalue weighted by Crippen LogP contribution is -2.25. The van der Waals surface area contributed by atoms with E-state index in [9.17, 15) is 13.6 Å². The fourth-order valence-corrected chi connectivity index (χ4v) is 1.51. The molecule has 1 aromatic carbocycles. The van der Waals surface area contributed by atoms with Gasteiger partial charge in [0.1, 0.15) is 0 Å². The number of carbonyl (C=O) groups is 1. The fraction of sp³-hybridized carbons (Fsp3) is 0.417. The maximum absolute atomic E-state index is 12.5. The SMILES string of the molecule is CC(Nc1cc(C(=O)N(C)C)ccc1Cl)C(F)F. The number of nitrogens with one attached hydrogen (secondary N) is 1. The van der Waals surface area contributed by atoms with Crippen molar-refractivity contribution < 1.29 is 13.6 Å². The minimum Gasteiger partial charge on any atom is -0.376 e. The van der Waals surface area contributed by atoms with Gasteiger partial charge in [0.2, 0.25) is 0 Å². The summed E-state index contributed by atoms with van der Waals surface area (Å²) in [6.07, 6.45) is -2.51. The number of rotatable bonds is 4. The molecule has 0 spiro atoms.